The molecule has 1 aromatic carbocycles. The van der Waals surface area contributed by atoms with Crippen LogP contribution in [-0.4, -0.2) is 37.1 Å². The van der Waals surface area contributed by atoms with Gasteiger partial charge >= 0.3 is 12.0 Å². The third-order valence-corrected chi connectivity index (χ3v) is 5.18. The Kier molecular flexibility index (Phi) is 5.15. The predicted molar refractivity (Wildman–Crippen MR) is 93.0 cm³/mol. The fourth-order valence-corrected chi connectivity index (χ4v) is 3.86. The Morgan fingerprint density at radius 3 is 2.83 bits per heavy atom. The Hall–Kier alpha value is -2.34. The summed E-state index contributed by atoms with van der Waals surface area (Å²) in [5, 5.41) is 4.87. The van der Waals surface area contributed by atoms with Gasteiger partial charge in [-0.05, 0) is 35.4 Å². The van der Waals surface area contributed by atoms with Gasteiger partial charge in [-0.3, -0.25) is 0 Å². The van der Waals surface area contributed by atoms with Gasteiger partial charge in [-0.15, -0.1) is 11.3 Å². The molecule has 1 aromatic heterocycles. The molecule has 1 aliphatic rings. The summed E-state index contributed by atoms with van der Waals surface area (Å²) in [6.45, 7) is 1.05. The average molecular weight is 344 g/mol. The Morgan fingerprint density at radius 2 is 2.08 bits per heavy atom. The maximum Gasteiger partial charge on any atom is 0.333 e. The summed E-state index contributed by atoms with van der Waals surface area (Å²) in [7, 11) is 1.36. The molecule has 3 rings (SSSR count). The Morgan fingerprint density at radius 1 is 1.29 bits per heavy atom. The molecule has 0 bridgehead atoms. The second-order valence-electron chi connectivity index (χ2n) is 5.64. The molecule has 1 unspecified atom stereocenters. The van der Waals surface area contributed by atoms with E-state index in [0.717, 1.165) is 23.3 Å². The molecule has 0 saturated heterocycles. The highest BCUT2D eigenvalue weighted by molar-refractivity contribution is 7.10. The van der Waals surface area contributed by atoms with Gasteiger partial charge in [0.05, 0.1) is 7.11 Å². The number of carbonyl (C=O) groups is 2. The molecular weight excluding hydrogens is 324 g/mol. The first kappa shape index (κ1) is 16.5. The minimum Gasteiger partial charge on any atom is -0.467 e. The average Bonchev–Trinajstić information content (AvgIpc) is 3.09. The number of rotatable bonds is 4. The Labute approximate surface area is 145 Å². The summed E-state index contributed by atoms with van der Waals surface area (Å²) in [5.41, 5.74) is 2.05. The number of fused-ring (bicyclic) bond motifs is 1. The van der Waals surface area contributed by atoms with Crippen molar-refractivity contribution in [3.63, 3.8) is 0 Å². The minimum atomic E-state index is -0.651. The molecule has 2 heterocycles. The summed E-state index contributed by atoms with van der Waals surface area (Å²) >= 11 is 1.62. The van der Waals surface area contributed by atoms with E-state index in [1.54, 1.807) is 16.2 Å². The van der Waals surface area contributed by atoms with E-state index in [0.29, 0.717) is 13.1 Å². The topological polar surface area (TPSA) is 58.6 Å². The lowest BCUT2D eigenvalue weighted by atomic mass is 10.0. The third-order valence-electron chi connectivity index (χ3n) is 4.18. The van der Waals surface area contributed by atoms with Gasteiger partial charge in [0.2, 0.25) is 0 Å². The van der Waals surface area contributed by atoms with E-state index >= 15 is 0 Å². The summed E-state index contributed by atoms with van der Waals surface area (Å²) < 4.78 is 4.91. The molecule has 2 aromatic rings. The first-order valence-electron chi connectivity index (χ1n) is 7.93. The first-order valence-corrected chi connectivity index (χ1v) is 8.81. The third kappa shape index (κ3) is 3.43. The number of nitrogens with one attached hydrogen (secondary N) is 1. The van der Waals surface area contributed by atoms with Crippen molar-refractivity contribution in [2.45, 2.75) is 18.9 Å². The molecule has 6 heteroatoms. The quantitative estimate of drug-likeness (QED) is 0.868. The van der Waals surface area contributed by atoms with Crippen LogP contribution in [0.25, 0.3) is 0 Å². The van der Waals surface area contributed by atoms with Crippen LogP contribution in [-0.2, 0) is 22.4 Å². The van der Waals surface area contributed by atoms with E-state index in [4.69, 9.17) is 4.74 Å². The van der Waals surface area contributed by atoms with E-state index < -0.39 is 12.0 Å². The molecule has 0 aliphatic carbocycles. The molecule has 2 amide bonds. The van der Waals surface area contributed by atoms with Gasteiger partial charge in [0.25, 0.3) is 0 Å². The number of benzene rings is 1. The largest absolute Gasteiger partial charge is 0.467 e. The van der Waals surface area contributed by atoms with Crippen molar-refractivity contribution in [3.05, 3.63) is 57.8 Å². The second-order valence-corrected chi connectivity index (χ2v) is 6.64. The highest BCUT2D eigenvalue weighted by Crippen LogP contribution is 2.34. The fraction of sp³-hybridized carbons (Fsp3) is 0.333. The highest BCUT2D eigenvalue weighted by atomic mass is 32.1. The number of esters is 1. The van der Waals surface area contributed by atoms with Crippen molar-refractivity contribution in [1.82, 2.24) is 10.2 Å². The fourth-order valence-electron chi connectivity index (χ4n) is 2.96. The number of hydrogen-bond acceptors (Lipinski definition) is 4. The number of methoxy groups -OCH3 is 1. The van der Waals surface area contributed by atoms with Crippen molar-refractivity contribution < 1.29 is 14.3 Å². The lowest BCUT2D eigenvalue weighted by molar-refractivity contribution is -0.146. The molecule has 0 radical (unpaired) electrons. The van der Waals surface area contributed by atoms with Crippen LogP contribution in [0.1, 0.15) is 22.0 Å². The minimum absolute atomic E-state index is 0.224. The van der Waals surface area contributed by atoms with Crippen LogP contribution in [0.3, 0.4) is 0 Å². The normalized spacial score (nSPS) is 16.4. The van der Waals surface area contributed by atoms with Crippen molar-refractivity contribution in [3.8, 4) is 0 Å². The summed E-state index contributed by atoms with van der Waals surface area (Å²) in [4.78, 5) is 27.5. The van der Waals surface area contributed by atoms with Crippen molar-refractivity contribution in [2.75, 3.05) is 20.2 Å². The van der Waals surface area contributed by atoms with Crippen LogP contribution in [0, 0.1) is 0 Å². The maximum atomic E-state index is 12.6. The number of urea groups is 1. The van der Waals surface area contributed by atoms with Crippen molar-refractivity contribution >= 4 is 23.3 Å². The molecule has 1 aliphatic heterocycles. The molecule has 0 saturated carbocycles. The van der Waals surface area contributed by atoms with Gasteiger partial charge in [0, 0.05) is 18.0 Å². The van der Waals surface area contributed by atoms with Crippen LogP contribution in [0.2, 0.25) is 0 Å². The van der Waals surface area contributed by atoms with Gasteiger partial charge in [0.15, 0.2) is 6.04 Å². The van der Waals surface area contributed by atoms with E-state index in [9.17, 15) is 9.59 Å². The standard InChI is InChI=1S/C18H20N2O3S/c1-23-17(21)16-14-9-12-24-15(14)8-11-20(16)18(22)19-10-7-13-5-3-2-4-6-13/h2-6,9,12,16H,7-8,10-11H2,1H3,(H,19,22). The second kappa shape index (κ2) is 7.49. The van der Waals surface area contributed by atoms with Crippen LogP contribution in [0.5, 0.6) is 0 Å². The van der Waals surface area contributed by atoms with Crippen LogP contribution in [0.15, 0.2) is 41.8 Å². The molecular formula is C18H20N2O3S. The zero-order valence-corrected chi connectivity index (χ0v) is 14.3. The number of thiophene rings is 1. The van der Waals surface area contributed by atoms with Gasteiger partial charge in [0.1, 0.15) is 0 Å². The Bertz CT molecular complexity index is 714. The number of hydrogen-bond donors (Lipinski definition) is 1. The van der Waals surface area contributed by atoms with Crippen molar-refractivity contribution in [2.24, 2.45) is 0 Å². The zero-order valence-electron chi connectivity index (χ0n) is 13.5. The van der Waals surface area contributed by atoms with Gasteiger partial charge in [-0.25, -0.2) is 9.59 Å². The van der Waals surface area contributed by atoms with Crippen LogP contribution in [0.4, 0.5) is 4.79 Å². The van der Waals surface area contributed by atoms with Crippen molar-refractivity contribution in [1.29, 1.82) is 0 Å². The van der Waals surface area contributed by atoms with Crippen LogP contribution < -0.4 is 5.32 Å². The molecule has 24 heavy (non-hydrogen) atoms. The maximum absolute atomic E-state index is 12.6. The summed E-state index contributed by atoms with van der Waals surface area (Å²) in [6, 6.07) is 11.0. The van der Waals surface area contributed by atoms with Gasteiger partial charge in [-0.2, -0.15) is 0 Å². The SMILES string of the molecule is COC(=O)C1c2ccsc2CCN1C(=O)NCCc1ccccc1. The number of carbonyl (C=O) groups excluding carboxylic acids is 2. The summed E-state index contributed by atoms with van der Waals surface area (Å²) in [5.74, 6) is -0.396. The molecule has 0 spiro atoms. The Balaban J connectivity index is 1.66. The van der Waals surface area contributed by atoms with Gasteiger partial charge in [-0.1, -0.05) is 30.3 Å². The molecule has 1 atom stereocenters. The monoisotopic (exact) mass is 344 g/mol. The van der Waals surface area contributed by atoms with E-state index in [1.807, 2.05) is 41.8 Å². The summed E-state index contributed by atoms with van der Waals surface area (Å²) in [6.07, 6.45) is 1.53. The highest BCUT2D eigenvalue weighted by Gasteiger charge is 2.37. The van der Waals surface area contributed by atoms with E-state index in [1.165, 1.54) is 12.7 Å². The molecule has 5 nitrogen and oxygen atoms in total. The van der Waals surface area contributed by atoms with E-state index in [2.05, 4.69) is 5.32 Å². The van der Waals surface area contributed by atoms with Crippen LogP contribution >= 0.6 is 11.3 Å². The zero-order chi connectivity index (χ0) is 16.9. The number of ether oxygens (including phenoxy) is 1. The molecule has 0 fully saturated rings. The lowest BCUT2D eigenvalue weighted by Gasteiger charge is -2.33. The van der Waals surface area contributed by atoms with Gasteiger partial charge < -0.3 is 15.0 Å². The first-order chi connectivity index (χ1) is 11.7. The lowest BCUT2D eigenvalue weighted by Crippen LogP contribution is -2.48. The smallest absolute Gasteiger partial charge is 0.333 e. The number of nitrogens with zero attached hydrogens (tertiary/aromatic N) is 1. The number of amides is 2. The molecule has 126 valence electrons. The molecule has 1 N–H and O–H groups in total. The predicted octanol–water partition coefficient (Wildman–Crippen LogP) is 2.77. The van der Waals surface area contributed by atoms with E-state index in [-0.39, 0.29) is 6.03 Å².